The molecule has 0 radical (unpaired) electrons. The molecule has 2 N–H and O–H groups in total. The minimum atomic E-state index is -0.624. The summed E-state index contributed by atoms with van der Waals surface area (Å²) < 4.78 is 6.33. The SMILES string of the molecule is Cc1cccc(C(N)=NOC(=O)COc2ccc(Br)c(C)c2)c1. The number of nitrogens with two attached hydrogens (primary N) is 1. The molecule has 0 saturated heterocycles. The molecule has 0 aliphatic rings. The standard InChI is InChI=1S/C17H17BrN2O3/c1-11-4-3-5-13(8-11)17(19)20-23-16(21)10-22-14-6-7-15(18)12(2)9-14/h3-9H,10H2,1-2H3,(H2,19,20). The van der Waals surface area contributed by atoms with E-state index < -0.39 is 5.97 Å². The van der Waals surface area contributed by atoms with E-state index in [4.69, 9.17) is 15.3 Å². The Kier molecular flexibility index (Phi) is 5.76. The molecule has 0 aromatic heterocycles. The second-order valence-corrected chi connectivity index (χ2v) is 5.86. The molecule has 0 aliphatic heterocycles. The predicted molar refractivity (Wildman–Crippen MR) is 92.4 cm³/mol. The number of hydrogen-bond acceptors (Lipinski definition) is 4. The summed E-state index contributed by atoms with van der Waals surface area (Å²) in [6, 6.07) is 12.9. The minimum absolute atomic E-state index is 0.140. The Labute approximate surface area is 143 Å². The lowest BCUT2D eigenvalue weighted by atomic mass is 10.1. The number of hydrogen-bond donors (Lipinski definition) is 1. The third-order valence-electron chi connectivity index (χ3n) is 3.05. The topological polar surface area (TPSA) is 73.9 Å². The van der Waals surface area contributed by atoms with Crippen molar-refractivity contribution >= 4 is 27.7 Å². The first kappa shape index (κ1) is 17.0. The molecule has 0 heterocycles. The van der Waals surface area contributed by atoms with E-state index in [0.29, 0.717) is 11.3 Å². The summed E-state index contributed by atoms with van der Waals surface area (Å²) in [5, 5.41) is 3.64. The molecule has 6 heteroatoms. The summed E-state index contributed by atoms with van der Waals surface area (Å²) in [6.45, 7) is 3.63. The van der Waals surface area contributed by atoms with Crippen LogP contribution in [-0.2, 0) is 9.63 Å². The molecule has 0 amide bonds. The number of rotatable bonds is 5. The molecule has 0 bridgehead atoms. The van der Waals surface area contributed by atoms with Gasteiger partial charge in [0, 0.05) is 10.0 Å². The molecule has 23 heavy (non-hydrogen) atoms. The lowest BCUT2D eigenvalue weighted by molar-refractivity contribution is -0.146. The third-order valence-corrected chi connectivity index (χ3v) is 3.94. The van der Waals surface area contributed by atoms with Gasteiger partial charge in [-0.3, -0.25) is 0 Å². The van der Waals surface area contributed by atoms with Gasteiger partial charge in [0.15, 0.2) is 12.4 Å². The summed E-state index contributed by atoms with van der Waals surface area (Å²) in [5.74, 6) is 0.0981. The van der Waals surface area contributed by atoms with E-state index in [1.165, 1.54) is 0 Å². The lowest BCUT2D eigenvalue weighted by Crippen LogP contribution is -2.18. The molecule has 0 saturated carbocycles. The Morgan fingerprint density at radius 2 is 2.00 bits per heavy atom. The van der Waals surface area contributed by atoms with E-state index in [2.05, 4.69) is 21.1 Å². The molecule has 0 unspecified atom stereocenters. The summed E-state index contributed by atoms with van der Waals surface area (Å²) in [4.78, 5) is 16.4. The zero-order chi connectivity index (χ0) is 16.8. The van der Waals surface area contributed by atoms with Crippen LogP contribution in [0.5, 0.6) is 5.75 Å². The molecular formula is C17H17BrN2O3. The van der Waals surface area contributed by atoms with Gasteiger partial charge in [-0.05, 0) is 43.7 Å². The molecule has 120 valence electrons. The van der Waals surface area contributed by atoms with Crippen LogP contribution in [0.1, 0.15) is 16.7 Å². The van der Waals surface area contributed by atoms with Gasteiger partial charge in [0.05, 0.1) is 0 Å². The van der Waals surface area contributed by atoms with Crippen LogP contribution in [0, 0.1) is 13.8 Å². The summed E-state index contributed by atoms with van der Waals surface area (Å²) in [6.07, 6.45) is 0. The number of aryl methyl sites for hydroxylation is 2. The highest BCUT2D eigenvalue weighted by Crippen LogP contribution is 2.21. The summed E-state index contributed by atoms with van der Waals surface area (Å²) >= 11 is 3.40. The monoisotopic (exact) mass is 376 g/mol. The highest BCUT2D eigenvalue weighted by atomic mass is 79.9. The number of carbonyl (C=O) groups excluding carboxylic acids is 1. The lowest BCUT2D eigenvalue weighted by Gasteiger charge is -2.06. The van der Waals surface area contributed by atoms with Crippen molar-refractivity contribution in [2.24, 2.45) is 10.9 Å². The zero-order valence-electron chi connectivity index (χ0n) is 12.9. The third kappa shape index (κ3) is 5.10. The average Bonchev–Trinajstić information content (AvgIpc) is 2.53. The van der Waals surface area contributed by atoms with Crippen molar-refractivity contribution in [3.05, 3.63) is 63.6 Å². The van der Waals surface area contributed by atoms with Crippen molar-refractivity contribution in [3.8, 4) is 5.75 Å². The average molecular weight is 377 g/mol. The smallest absolute Gasteiger partial charge is 0.372 e. The maximum absolute atomic E-state index is 11.7. The van der Waals surface area contributed by atoms with Gasteiger partial charge in [0.1, 0.15) is 5.75 Å². The number of oxime groups is 1. The van der Waals surface area contributed by atoms with Gasteiger partial charge >= 0.3 is 5.97 Å². The van der Waals surface area contributed by atoms with Crippen LogP contribution >= 0.6 is 15.9 Å². The summed E-state index contributed by atoms with van der Waals surface area (Å²) in [7, 11) is 0. The highest BCUT2D eigenvalue weighted by molar-refractivity contribution is 9.10. The van der Waals surface area contributed by atoms with Crippen molar-refractivity contribution in [2.45, 2.75) is 13.8 Å². The van der Waals surface area contributed by atoms with Crippen LogP contribution < -0.4 is 10.5 Å². The molecule has 2 rings (SSSR count). The zero-order valence-corrected chi connectivity index (χ0v) is 14.5. The largest absolute Gasteiger partial charge is 0.482 e. The Balaban J connectivity index is 1.89. The molecular weight excluding hydrogens is 360 g/mol. The molecule has 0 spiro atoms. The van der Waals surface area contributed by atoms with Crippen LogP contribution in [0.15, 0.2) is 52.1 Å². The molecule has 5 nitrogen and oxygen atoms in total. The molecule has 0 atom stereocenters. The van der Waals surface area contributed by atoms with E-state index >= 15 is 0 Å². The Hall–Kier alpha value is -2.34. The Morgan fingerprint density at radius 3 is 2.70 bits per heavy atom. The van der Waals surface area contributed by atoms with Crippen molar-refractivity contribution in [3.63, 3.8) is 0 Å². The maximum atomic E-state index is 11.7. The van der Waals surface area contributed by atoms with Crippen molar-refractivity contribution in [2.75, 3.05) is 6.61 Å². The van der Waals surface area contributed by atoms with Gasteiger partial charge in [-0.25, -0.2) is 4.79 Å². The highest BCUT2D eigenvalue weighted by Gasteiger charge is 2.07. The van der Waals surface area contributed by atoms with Crippen molar-refractivity contribution in [1.82, 2.24) is 0 Å². The van der Waals surface area contributed by atoms with Gasteiger partial charge in [-0.15, -0.1) is 0 Å². The maximum Gasteiger partial charge on any atom is 0.372 e. The second-order valence-electron chi connectivity index (χ2n) is 5.01. The number of halogens is 1. The van der Waals surface area contributed by atoms with Crippen LogP contribution in [0.3, 0.4) is 0 Å². The molecule has 0 fully saturated rings. The number of benzene rings is 2. The van der Waals surface area contributed by atoms with E-state index in [1.807, 2.05) is 44.2 Å². The van der Waals surface area contributed by atoms with E-state index in [1.54, 1.807) is 12.1 Å². The minimum Gasteiger partial charge on any atom is -0.482 e. The molecule has 0 aliphatic carbocycles. The van der Waals surface area contributed by atoms with Gasteiger partial charge in [0.2, 0.25) is 0 Å². The Morgan fingerprint density at radius 1 is 1.22 bits per heavy atom. The fourth-order valence-corrected chi connectivity index (χ4v) is 2.08. The van der Waals surface area contributed by atoms with Crippen LogP contribution in [-0.4, -0.2) is 18.4 Å². The Bertz CT molecular complexity index is 744. The van der Waals surface area contributed by atoms with Crippen LogP contribution in [0.25, 0.3) is 0 Å². The molecule has 2 aromatic carbocycles. The number of nitrogens with zero attached hydrogens (tertiary/aromatic N) is 1. The number of amidine groups is 1. The quantitative estimate of drug-likeness (QED) is 0.376. The van der Waals surface area contributed by atoms with Gasteiger partial charge in [-0.1, -0.05) is 44.8 Å². The van der Waals surface area contributed by atoms with Crippen molar-refractivity contribution < 1.29 is 14.4 Å². The fourth-order valence-electron chi connectivity index (χ4n) is 1.83. The first-order valence-electron chi connectivity index (χ1n) is 6.95. The van der Waals surface area contributed by atoms with Gasteiger partial charge < -0.3 is 15.3 Å². The predicted octanol–water partition coefficient (Wildman–Crippen LogP) is 3.31. The first-order chi connectivity index (χ1) is 11.0. The van der Waals surface area contributed by atoms with E-state index in [9.17, 15) is 4.79 Å². The van der Waals surface area contributed by atoms with Gasteiger partial charge in [-0.2, -0.15) is 0 Å². The van der Waals surface area contributed by atoms with Crippen molar-refractivity contribution in [1.29, 1.82) is 0 Å². The normalized spacial score (nSPS) is 11.2. The van der Waals surface area contributed by atoms with E-state index in [0.717, 1.165) is 15.6 Å². The van der Waals surface area contributed by atoms with Gasteiger partial charge in [0.25, 0.3) is 0 Å². The number of ether oxygens (including phenoxy) is 1. The second kappa shape index (κ2) is 7.78. The summed E-state index contributed by atoms with van der Waals surface area (Å²) in [5.41, 5.74) is 8.53. The number of carbonyl (C=O) groups is 1. The molecule has 2 aromatic rings. The first-order valence-corrected chi connectivity index (χ1v) is 7.74. The van der Waals surface area contributed by atoms with Crippen LogP contribution in [0.2, 0.25) is 0 Å². The van der Waals surface area contributed by atoms with E-state index in [-0.39, 0.29) is 12.4 Å². The fraction of sp³-hybridized carbons (Fsp3) is 0.176. The van der Waals surface area contributed by atoms with Crippen LogP contribution in [0.4, 0.5) is 0 Å².